The van der Waals surface area contributed by atoms with Crippen LogP contribution in [-0.4, -0.2) is 48.4 Å². The average Bonchev–Trinajstić information content (AvgIpc) is 3.36. The molecule has 0 unspecified atom stereocenters. The van der Waals surface area contributed by atoms with E-state index in [1.54, 1.807) is 0 Å². The van der Waals surface area contributed by atoms with E-state index in [4.69, 9.17) is 23.5 Å². The van der Waals surface area contributed by atoms with Gasteiger partial charge in [0.15, 0.2) is 17.3 Å². The van der Waals surface area contributed by atoms with E-state index in [1.165, 1.54) is 0 Å². The second-order valence-corrected chi connectivity index (χ2v) is 7.30. The molecule has 2 aromatic rings. The topological polar surface area (TPSA) is 87.9 Å². The van der Waals surface area contributed by atoms with Crippen molar-refractivity contribution in [1.29, 1.82) is 0 Å². The fourth-order valence-electron chi connectivity index (χ4n) is 4.00. The largest absolute Gasteiger partial charge is 0.454 e. The Hall–Kier alpha value is -2.16. The van der Waals surface area contributed by atoms with Crippen molar-refractivity contribution >= 4 is 0 Å². The van der Waals surface area contributed by atoms with E-state index in [0.717, 1.165) is 56.8 Å². The summed E-state index contributed by atoms with van der Waals surface area (Å²) in [6.07, 6.45) is 3.95. The highest BCUT2D eigenvalue weighted by atomic mass is 16.7. The minimum atomic E-state index is -0.0247. The van der Waals surface area contributed by atoms with Gasteiger partial charge in [-0.25, -0.2) is 0 Å². The summed E-state index contributed by atoms with van der Waals surface area (Å²) in [7, 11) is 0. The Bertz CT molecular complexity index is 797. The lowest BCUT2D eigenvalue weighted by molar-refractivity contribution is -0.140. The van der Waals surface area contributed by atoms with Crippen LogP contribution >= 0.6 is 0 Å². The highest BCUT2D eigenvalue weighted by Crippen LogP contribution is 2.36. The number of benzene rings is 1. The maximum absolute atomic E-state index is 6.10. The lowest BCUT2D eigenvalue weighted by Gasteiger charge is -2.43. The quantitative estimate of drug-likeness (QED) is 0.873. The summed E-state index contributed by atoms with van der Waals surface area (Å²) in [5.41, 5.74) is 0.800. The van der Waals surface area contributed by atoms with Crippen LogP contribution in [0.1, 0.15) is 31.5 Å². The maximum Gasteiger partial charge on any atom is 0.258 e. The summed E-state index contributed by atoms with van der Waals surface area (Å²) >= 11 is 0. The molecule has 1 N–H and O–H groups in total. The Morgan fingerprint density at radius 3 is 2.93 bits per heavy atom. The molecule has 0 amide bonds. The van der Waals surface area contributed by atoms with Crippen LogP contribution in [0.4, 0.5) is 0 Å². The Kier molecular flexibility index (Phi) is 4.47. The molecule has 3 aliphatic rings. The van der Waals surface area contributed by atoms with Crippen molar-refractivity contribution in [3.05, 3.63) is 24.0 Å². The molecule has 3 aliphatic heterocycles. The predicted molar refractivity (Wildman–Crippen MR) is 94.5 cm³/mol. The van der Waals surface area contributed by atoms with Gasteiger partial charge in [-0.05, 0) is 43.9 Å². The minimum absolute atomic E-state index is 0.0247. The van der Waals surface area contributed by atoms with Gasteiger partial charge in [0.1, 0.15) is 0 Å². The third-order valence-corrected chi connectivity index (χ3v) is 5.53. The molecular weight excluding hydrogens is 350 g/mol. The normalized spacial score (nSPS) is 23.6. The number of nitrogens with zero attached hydrogens (tertiary/aromatic N) is 2. The van der Waals surface area contributed by atoms with Gasteiger partial charge in [-0.3, -0.25) is 0 Å². The van der Waals surface area contributed by atoms with E-state index >= 15 is 0 Å². The maximum atomic E-state index is 6.10. The lowest BCUT2D eigenvalue weighted by Crippen LogP contribution is -2.49. The molecule has 1 aromatic heterocycles. The zero-order valence-corrected chi connectivity index (χ0v) is 15.1. The number of nitrogens with one attached hydrogen (secondary N) is 1. The number of fused-ring (bicyclic) bond motifs is 1. The van der Waals surface area contributed by atoms with Gasteiger partial charge in [0.2, 0.25) is 6.79 Å². The summed E-state index contributed by atoms with van der Waals surface area (Å²) in [6.45, 7) is 3.18. The molecule has 4 heterocycles. The molecule has 2 fully saturated rings. The van der Waals surface area contributed by atoms with Crippen LogP contribution in [0.3, 0.4) is 0 Å². The van der Waals surface area contributed by atoms with Gasteiger partial charge in [0.05, 0.1) is 12.1 Å². The van der Waals surface area contributed by atoms with E-state index in [2.05, 4.69) is 15.5 Å². The SMILES string of the molecule is c1cc2c(cc1-c1nc(CN[C@H]3CCOC4(CCOCC4)C3)no1)OCO2. The highest BCUT2D eigenvalue weighted by Gasteiger charge is 2.38. The van der Waals surface area contributed by atoms with Crippen LogP contribution < -0.4 is 14.8 Å². The van der Waals surface area contributed by atoms with Crippen molar-refractivity contribution in [1.82, 2.24) is 15.5 Å². The van der Waals surface area contributed by atoms with Gasteiger partial charge in [0, 0.05) is 31.4 Å². The highest BCUT2D eigenvalue weighted by molar-refractivity contribution is 5.60. The summed E-state index contributed by atoms with van der Waals surface area (Å²) in [4.78, 5) is 4.51. The predicted octanol–water partition coefficient (Wildman–Crippen LogP) is 2.28. The summed E-state index contributed by atoms with van der Waals surface area (Å²) in [5.74, 6) is 2.57. The third-order valence-electron chi connectivity index (χ3n) is 5.53. The zero-order chi connectivity index (χ0) is 18.1. The van der Waals surface area contributed by atoms with E-state index < -0.39 is 0 Å². The Morgan fingerprint density at radius 1 is 1.11 bits per heavy atom. The van der Waals surface area contributed by atoms with Crippen LogP contribution in [0, 0.1) is 0 Å². The van der Waals surface area contributed by atoms with Crippen LogP contribution in [-0.2, 0) is 16.0 Å². The first-order valence-corrected chi connectivity index (χ1v) is 9.47. The summed E-state index contributed by atoms with van der Waals surface area (Å²) in [6, 6.07) is 6.01. The molecule has 0 saturated carbocycles. The monoisotopic (exact) mass is 373 g/mol. The molecule has 0 aliphatic carbocycles. The van der Waals surface area contributed by atoms with Gasteiger partial charge in [-0.2, -0.15) is 4.98 Å². The Morgan fingerprint density at radius 2 is 2.00 bits per heavy atom. The molecule has 8 heteroatoms. The molecule has 1 atom stereocenters. The second-order valence-electron chi connectivity index (χ2n) is 7.30. The number of ether oxygens (including phenoxy) is 4. The molecule has 1 spiro atoms. The van der Waals surface area contributed by atoms with Crippen molar-refractivity contribution in [2.75, 3.05) is 26.6 Å². The van der Waals surface area contributed by atoms with Gasteiger partial charge >= 0.3 is 0 Å². The second kappa shape index (κ2) is 7.10. The molecule has 0 bridgehead atoms. The molecular formula is C19H23N3O5. The molecule has 27 heavy (non-hydrogen) atoms. The van der Waals surface area contributed by atoms with Crippen LogP contribution in [0.15, 0.2) is 22.7 Å². The average molecular weight is 373 g/mol. The van der Waals surface area contributed by atoms with Crippen molar-refractivity contribution in [2.45, 2.75) is 43.9 Å². The lowest BCUT2D eigenvalue weighted by atomic mass is 9.84. The zero-order valence-electron chi connectivity index (χ0n) is 15.1. The van der Waals surface area contributed by atoms with Crippen LogP contribution in [0.25, 0.3) is 11.5 Å². The number of rotatable bonds is 4. The first-order chi connectivity index (χ1) is 13.3. The van der Waals surface area contributed by atoms with Gasteiger partial charge in [-0.15, -0.1) is 0 Å². The summed E-state index contributed by atoms with van der Waals surface area (Å²) < 4.78 is 27.7. The molecule has 1 aromatic carbocycles. The smallest absolute Gasteiger partial charge is 0.258 e. The standard InChI is InChI=1S/C19H23N3O5/c1-2-15-16(25-12-24-15)9-13(1)18-21-17(22-27-18)11-20-14-3-6-26-19(10-14)4-7-23-8-5-19/h1-2,9,14,20H,3-8,10-12H2/t14-/m0/s1. The summed E-state index contributed by atoms with van der Waals surface area (Å²) in [5, 5.41) is 7.67. The Labute approximate surface area is 157 Å². The Balaban J connectivity index is 1.21. The van der Waals surface area contributed by atoms with E-state index in [1.807, 2.05) is 18.2 Å². The van der Waals surface area contributed by atoms with E-state index in [0.29, 0.717) is 30.1 Å². The first-order valence-electron chi connectivity index (χ1n) is 9.47. The van der Waals surface area contributed by atoms with Crippen molar-refractivity contribution in [3.8, 4) is 23.0 Å². The van der Waals surface area contributed by atoms with Crippen LogP contribution in [0.5, 0.6) is 11.5 Å². The minimum Gasteiger partial charge on any atom is -0.454 e. The van der Waals surface area contributed by atoms with E-state index in [-0.39, 0.29) is 12.4 Å². The molecule has 5 rings (SSSR count). The fourth-order valence-corrected chi connectivity index (χ4v) is 4.00. The van der Waals surface area contributed by atoms with E-state index in [9.17, 15) is 0 Å². The van der Waals surface area contributed by atoms with Gasteiger partial charge < -0.3 is 28.8 Å². The molecule has 144 valence electrons. The molecule has 2 saturated heterocycles. The van der Waals surface area contributed by atoms with Gasteiger partial charge in [0.25, 0.3) is 5.89 Å². The molecule has 0 radical (unpaired) electrons. The van der Waals surface area contributed by atoms with Crippen molar-refractivity contribution in [2.24, 2.45) is 0 Å². The number of aromatic nitrogens is 2. The third kappa shape index (κ3) is 3.52. The fraction of sp³-hybridized carbons (Fsp3) is 0.579. The van der Waals surface area contributed by atoms with Crippen molar-refractivity contribution in [3.63, 3.8) is 0 Å². The van der Waals surface area contributed by atoms with Gasteiger partial charge in [-0.1, -0.05) is 5.16 Å². The molecule has 8 nitrogen and oxygen atoms in total. The number of hydrogen-bond acceptors (Lipinski definition) is 8. The first kappa shape index (κ1) is 17.0. The number of hydrogen-bond donors (Lipinski definition) is 1. The van der Waals surface area contributed by atoms with Crippen LogP contribution in [0.2, 0.25) is 0 Å². The van der Waals surface area contributed by atoms with Crippen molar-refractivity contribution < 1.29 is 23.5 Å².